The van der Waals surface area contributed by atoms with Crippen LogP contribution < -0.4 is 4.80 Å². The van der Waals surface area contributed by atoms with E-state index < -0.39 is 15.7 Å². The molecule has 7 heteroatoms. The zero-order valence-corrected chi connectivity index (χ0v) is 17.5. The Kier molecular flexibility index (Phi) is 5.54. The van der Waals surface area contributed by atoms with Crippen LogP contribution in [0.2, 0.25) is 0 Å². The highest BCUT2D eigenvalue weighted by molar-refractivity contribution is 7.91. The maximum absolute atomic E-state index is 12.7. The van der Waals surface area contributed by atoms with Crippen LogP contribution in [0.4, 0.5) is 0 Å². The SMILES string of the molecule is C#CCn1c(=NC(=O)c2ccc(S(=O)(=O)CC)cc2)sc2c(C)cc(C)cc21. The Labute approximate surface area is 168 Å². The highest BCUT2D eigenvalue weighted by Crippen LogP contribution is 2.23. The van der Waals surface area contributed by atoms with Crippen molar-refractivity contribution in [1.29, 1.82) is 0 Å². The number of fused-ring (bicyclic) bond motifs is 1. The number of rotatable bonds is 4. The zero-order chi connectivity index (χ0) is 20.5. The third-order valence-corrected chi connectivity index (χ3v) is 7.38. The van der Waals surface area contributed by atoms with Crippen molar-refractivity contribution in [1.82, 2.24) is 4.57 Å². The summed E-state index contributed by atoms with van der Waals surface area (Å²) in [5, 5.41) is 0. The van der Waals surface area contributed by atoms with Crippen LogP contribution in [0, 0.1) is 26.2 Å². The molecule has 1 amide bonds. The molecule has 28 heavy (non-hydrogen) atoms. The van der Waals surface area contributed by atoms with Gasteiger partial charge in [0.25, 0.3) is 5.91 Å². The van der Waals surface area contributed by atoms with Crippen LogP contribution in [0.1, 0.15) is 28.4 Å². The number of nitrogens with zero attached hydrogens (tertiary/aromatic N) is 2. The minimum atomic E-state index is -3.31. The van der Waals surface area contributed by atoms with Crippen LogP contribution in [0.5, 0.6) is 0 Å². The van der Waals surface area contributed by atoms with Gasteiger partial charge in [-0.3, -0.25) is 4.79 Å². The standard InChI is InChI=1S/C21H20N2O3S2/c1-5-11-23-18-13-14(3)12-15(4)19(18)27-21(23)22-20(24)16-7-9-17(10-8-16)28(25,26)6-2/h1,7-10,12-13H,6,11H2,2-4H3. The number of sulfone groups is 1. The van der Waals surface area contributed by atoms with Crippen LogP contribution >= 0.6 is 11.3 Å². The minimum absolute atomic E-state index is 0.0112. The highest BCUT2D eigenvalue weighted by atomic mass is 32.2. The van der Waals surface area contributed by atoms with Gasteiger partial charge in [-0.2, -0.15) is 4.99 Å². The lowest BCUT2D eigenvalue weighted by Crippen LogP contribution is -2.16. The molecule has 0 unspecified atom stereocenters. The molecule has 0 saturated heterocycles. The Balaban J connectivity index is 2.09. The molecule has 0 saturated carbocycles. The first-order chi connectivity index (χ1) is 13.3. The normalized spacial score (nSPS) is 12.3. The summed E-state index contributed by atoms with van der Waals surface area (Å²) in [4.78, 5) is 17.6. The quantitative estimate of drug-likeness (QED) is 0.616. The summed E-state index contributed by atoms with van der Waals surface area (Å²) in [5.74, 6) is 2.19. The number of aromatic nitrogens is 1. The first-order valence-corrected chi connectivity index (χ1v) is 11.2. The van der Waals surface area contributed by atoms with E-state index in [1.54, 1.807) is 6.92 Å². The molecule has 3 rings (SSSR count). The van der Waals surface area contributed by atoms with E-state index in [9.17, 15) is 13.2 Å². The Morgan fingerprint density at radius 1 is 1.21 bits per heavy atom. The molecule has 1 aromatic heterocycles. The fraction of sp³-hybridized carbons (Fsp3) is 0.238. The van der Waals surface area contributed by atoms with Crippen LogP contribution in [0.3, 0.4) is 0 Å². The van der Waals surface area contributed by atoms with Gasteiger partial charge in [-0.15, -0.1) is 6.42 Å². The van der Waals surface area contributed by atoms with E-state index in [2.05, 4.69) is 17.0 Å². The minimum Gasteiger partial charge on any atom is -0.305 e. The van der Waals surface area contributed by atoms with Gasteiger partial charge in [0.2, 0.25) is 0 Å². The van der Waals surface area contributed by atoms with Crippen LogP contribution in [0.25, 0.3) is 10.2 Å². The van der Waals surface area contributed by atoms with Crippen LogP contribution in [-0.4, -0.2) is 24.6 Å². The summed E-state index contributed by atoms with van der Waals surface area (Å²) in [6.07, 6.45) is 5.52. The van der Waals surface area contributed by atoms with Crippen molar-refractivity contribution in [3.8, 4) is 12.3 Å². The van der Waals surface area contributed by atoms with Crippen molar-refractivity contribution in [2.45, 2.75) is 32.2 Å². The third-order valence-electron chi connectivity index (χ3n) is 4.40. The highest BCUT2D eigenvalue weighted by Gasteiger charge is 2.14. The van der Waals surface area contributed by atoms with Gasteiger partial charge in [0.05, 0.1) is 27.4 Å². The summed E-state index contributed by atoms with van der Waals surface area (Å²) in [6.45, 7) is 5.92. The summed E-state index contributed by atoms with van der Waals surface area (Å²) in [7, 11) is -3.31. The van der Waals surface area contributed by atoms with Gasteiger partial charge in [-0.1, -0.05) is 30.2 Å². The van der Waals surface area contributed by atoms with E-state index in [0.717, 1.165) is 21.3 Å². The van der Waals surface area contributed by atoms with Gasteiger partial charge >= 0.3 is 0 Å². The van der Waals surface area contributed by atoms with E-state index in [0.29, 0.717) is 16.9 Å². The molecule has 5 nitrogen and oxygen atoms in total. The van der Waals surface area contributed by atoms with Crippen molar-refractivity contribution < 1.29 is 13.2 Å². The van der Waals surface area contributed by atoms with Gasteiger partial charge in [-0.25, -0.2) is 8.42 Å². The topological polar surface area (TPSA) is 68.5 Å². The number of carbonyl (C=O) groups excluding carboxylic acids is 1. The van der Waals surface area contributed by atoms with Crippen LogP contribution in [-0.2, 0) is 16.4 Å². The molecular formula is C21H20N2O3S2. The van der Waals surface area contributed by atoms with E-state index in [1.165, 1.54) is 35.6 Å². The first-order valence-electron chi connectivity index (χ1n) is 8.72. The predicted molar refractivity (Wildman–Crippen MR) is 112 cm³/mol. The first kappa shape index (κ1) is 20.1. The molecule has 0 atom stereocenters. The molecule has 0 fully saturated rings. The second-order valence-electron chi connectivity index (χ2n) is 6.45. The van der Waals surface area contributed by atoms with Gasteiger partial charge in [0, 0.05) is 5.56 Å². The summed E-state index contributed by atoms with van der Waals surface area (Å²) in [6, 6.07) is 9.97. The summed E-state index contributed by atoms with van der Waals surface area (Å²) >= 11 is 1.42. The van der Waals surface area contributed by atoms with Crippen molar-refractivity contribution in [2.24, 2.45) is 4.99 Å². The number of hydrogen-bond acceptors (Lipinski definition) is 4. The number of thiazole rings is 1. The fourth-order valence-corrected chi connectivity index (χ4v) is 4.93. The number of hydrogen-bond donors (Lipinski definition) is 0. The van der Waals surface area contributed by atoms with Crippen molar-refractivity contribution in [3.63, 3.8) is 0 Å². The maximum atomic E-state index is 12.7. The van der Waals surface area contributed by atoms with Gasteiger partial charge < -0.3 is 4.57 Å². The molecular weight excluding hydrogens is 392 g/mol. The van der Waals surface area contributed by atoms with Gasteiger partial charge in [-0.05, 0) is 55.3 Å². The van der Waals surface area contributed by atoms with Gasteiger partial charge in [0.15, 0.2) is 14.6 Å². The smallest absolute Gasteiger partial charge is 0.279 e. The predicted octanol–water partition coefficient (Wildman–Crippen LogP) is 3.49. The number of carbonyl (C=O) groups is 1. The molecule has 0 spiro atoms. The lowest BCUT2D eigenvalue weighted by atomic mass is 10.1. The maximum Gasteiger partial charge on any atom is 0.279 e. The Hall–Kier alpha value is -2.69. The Bertz CT molecular complexity index is 1270. The second-order valence-corrected chi connectivity index (χ2v) is 9.71. The third kappa shape index (κ3) is 3.79. The molecule has 3 aromatic rings. The average molecular weight is 413 g/mol. The zero-order valence-electron chi connectivity index (χ0n) is 15.9. The molecule has 0 bridgehead atoms. The van der Waals surface area contributed by atoms with Gasteiger partial charge in [0.1, 0.15) is 0 Å². The van der Waals surface area contributed by atoms with Crippen molar-refractivity contribution in [2.75, 3.05) is 5.75 Å². The second kappa shape index (κ2) is 7.74. The molecule has 0 aliphatic heterocycles. The largest absolute Gasteiger partial charge is 0.305 e. The number of amides is 1. The summed E-state index contributed by atoms with van der Waals surface area (Å²) < 4.78 is 26.7. The van der Waals surface area contributed by atoms with Crippen LogP contribution in [0.15, 0.2) is 46.3 Å². The molecule has 1 heterocycles. The fourth-order valence-electron chi connectivity index (χ4n) is 2.96. The molecule has 0 N–H and O–H groups in total. The Morgan fingerprint density at radius 3 is 2.50 bits per heavy atom. The molecule has 0 aliphatic rings. The van der Waals surface area contributed by atoms with E-state index >= 15 is 0 Å². The lowest BCUT2D eigenvalue weighted by Gasteiger charge is -2.03. The molecule has 144 valence electrons. The van der Waals surface area contributed by atoms with Crippen molar-refractivity contribution >= 4 is 37.3 Å². The van der Waals surface area contributed by atoms with E-state index in [-0.39, 0.29) is 10.6 Å². The van der Waals surface area contributed by atoms with E-state index in [4.69, 9.17) is 6.42 Å². The molecule has 0 radical (unpaired) electrons. The lowest BCUT2D eigenvalue weighted by molar-refractivity contribution is 0.0998. The number of terminal acetylenes is 1. The van der Waals surface area contributed by atoms with E-state index in [1.807, 2.05) is 24.5 Å². The average Bonchev–Trinajstić information content (AvgIpc) is 3.00. The van der Waals surface area contributed by atoms with Crippen molar-refractivity contribution in [3.05, 3.63) is 57.9 Å². The molecule has 2 aromatic carbocycles. The number of aryl methyl sites for hydroxylation is 2. The molecule has 0 aliphatic carbocycles. The number of benzene rings is 2. The Morgan fingerprint density at radius 2 is 1.89 bits per heavy atom. The summed E-state index contributed by atoms with van der Waals surface area (Å²) in [5.41, 5.74) is 3.50. The monoisotopic (exact) mass is 412 g/mol.